The molecule has 2 aromatic rings. The molecule has 2 aromatic heterocycles. The van der Waals surface area contributed by atoms with Gasteiger partial charge in [-0.1, -0.05) is 6.92 Å². The van der Waals surface area contributed by atoms with Crippen LogP contribution >= 0.6 is 0 Å². The van der Waals surface area contributed by atoms with Crippen LogP contribution in [0.25, 0.3) is 0 Å². The van der Waals surface area contributed by atoms with E-state index in [0.717, 1.165) is 19.4 Å². The second-order valence-corrected chi connectivity index (χ2v) is 6.30. The molecule has 0 saturated carbocycles. The molecule has 1 amide bonds. The zero-order chi connectivity index (χ0) is 18.0. The molecule has 7 nitrogen and oxygen atoms in total. The maximum atomic E-state index is 12.6. The largest absolute Gasteiger partial charge is 0.478 e. The van der Waals surface area contributed by atoms with E-state index in [9.17, 15) is 14.7 Å². The molecule has 0 aromatic carbocycles. The van der Waals surface area contributed by atoms with Crippen LogP contribution in [0.2, 0.25) is 0 Å². The van der Waals surface area contributed by atoms with Gasteiger partial charge in [-0.25, -0.2) is 4.79 Å². The number of hydrogen-bond acceptors (Lipinski definition) is 4. The lowest BCUT2D eigenvalue weighted by Gasteiger charge is -2.31. The summed E-state index contributed by atoms with van der Waals surface area (Å²) < 4.78 is 7.40. The zero-order valence-electron chi connectivity index (χ0n) is 14.6. The Bertz CT molecular complexity index is 769. The molecule has 0 atom stereocenters. The number of furan rings is 1. The van der Waals surface area contributed by atoms with Crippen molar-refractivity contribution in [2.45, 2.75) is 45.6 Å². The molecular weight excluding hydrogens is 322 g/mol. The Morgan fingerprint density at radius 2 is 2.04 bits per heavy atom. The minimum atomic E-state index is -1.06. The van der Waals surface area contributed by atoms with Crippen molar-refractivity contribution in [1.82, 2.24) is 14.7 Å². The van der Waals surface area contributed by atoms with Crippen molar-refractivity contribution in [3.63, 3.8) is 0 Å². The van der Waals surface area contributed by atoms with Gasteiger partial charge in [0.25, 0.3) is 5.91 Å². The summed E-state index contributed by atoms with van der Waals surface area (Å²) in [5.41, 5.74) is 1.29. The number of amides is 1. The third-order valence-electron chi connectivity index (χ3n) is 4.80. The molecule has 0 radical (unpaired) electrons. The lowest BCUT2D eigenvalue weighted by Crippen LogP contribution is -2.37. The third kappa shape index (κ3) is 3.45. The summed E-state index contributed by atoms with van der Waals surface area (Å²) in [6.45, 7) is 5.97. The van der Waals surface area contributed by atoms with Crippen LogP contribution in [0.1, 0.15) is 64.8 Å². The topological polar surface area (TPSA) is 88.6 Å². The van der Waals surface area contributed by atoms with Gasteiger partial charge in [-0.15, -0.1) is 0 Å². The molecule has 1 aliphatic rings. The molecule has 134 valence electrons. The quantitative estimate of drug-likeness (QED) is 0.900. The Hall–Kier alpha value is -2.57. The van der Waals surface area contributed by atoms with Crippen molar-refractivity contribution in [1.29, 1.82) is 0 Å². The zero-order valence-corrected chi connectivity index (χ0v) is 14.6. The predicted molar refractivity (Wildman–Crippen MR) is 90.8 cm³/mol. The highest BCUT2D eigenvalue weighted by atomic mass is 16.4. The fourth-order valence-corrected chi connectivity index (χ4v) is 3.31. The van der Waals surface area contributed by atoms with Gasteiger partial charge in [0.05, 0.1) is 6.20 Å². The Morgan fingerprint density at radius 1 is 1.32 bits per heavy atom. The van der Waals surface area contributed by atoms with Crippen molar-refractivity contribution in [3.05, 3.63) is 41.1 Å². The number of carboxylic acids is 1. The minimum Gasteiger partial charge on any atom is -0.478 e. The molecule has 1 N–H and O–H groups in total. The van der Waals surface area contributed by atoms with Crippen LogP contribution in [0.4, 0.5) is 0 Å². The molecule has 0 unspecified atom stereocenters. The standard InChI is InChI=1S/C18H23N3O4/c1-3-15-14(18(23)24)9-16(25-15)17(22)20-7-5-12(6-8-20)13-10-19-21(4-2)11-13/h9-12H,3-8H2,1-2H3,(H,23,24). The van der Waals surface area contributed by atoms with Crippen LogP contribution in [-0.2, 0) is 13.0 Å². The van der Waals surface area contributed by atoms with E-state index in [2.05, 4.69) is 18.2 Å². The van der Waals surface area contributed by atoms with Crippen molar-refractivity contribution in [3.8, 4) is 0 Å². The van der Waals surface area contributed by atoms with Gasteiger partial charge in [-0.05, 0) is 31.2 Å². The lowest BCUT2D eigenvalue weighted by atomic mass is 9.91. The van der Waals surface area contributed by atoms with E-state index in [0.29, 0.717) is 31.2 Å². The van der Waals surface area contributed by atoms with E-state index in [1.165, 1.54) is 11.6 Å². The number of carboxylic acid groups (broad SMARTS) is 1. The second-order valence-electron chi connectivity index (χ2n) is 6.30. The summed E-state index contributed by atoms with van der Waals surface area (Å²) >= 11 is 0. The van der Waals surface area contributed by atoms with E-state index in [1.807, 2.05) is 17.8 Å². The molecule has 0 bridgehead atoms. The van der Waals surface area contributed by atoms with Gasteiger partial charge < -0.3 is 14.4 Å². The summed E-state index contributed by atoms with van der Waals surface area (Å²) in [5, 5.41) is 13.5. The van der Waals surface area contributed by atoms with E-state index in [-0.39, 0.29) is 17.2 Å². The molecule has 1 fully saturated rings. The maximum absolute atomic E-state index is 12.6. The van der Waals surface area contributed by atoms with Crippen molar-refractivity contribution < 1.29 is 19.1 Å². The monoisotopic (exact) mass is 345 g/mol. The van der Waals surface area contributed by atoms with Crippen molar-refractivity contribution >= 4 is 11.9 Å². The number of carbonyl (C=O) groups is 2. The summed E-state index contributed by atoms with van der Waals surface area (Å²) in [5.74, 6) is -0.429. The highest BCUT2D eigenvalue weighted by Gasteiger charge is 2.28. The van der Waals surface area contributed by atoms with Gasteiger partial charge in [0.1, 0.15) is 11.3 Å². The maximum Gasteiger partial charge on any atom is 0.339 e. The Morgan fingerprint density at radius 3 is 2.56 bits per heavy atom. The molecule has 0 aliphatic carbocycles. The number of aryl methyl sites for hydroxylation is 2. The molecule has 0 spiro atoms. The van der Waals surface area contributed by atoms with Crippen LogP contribution in [0.15, 0.2) is 22.9 Å². The average Bonchev–Trinajstić information content (AvgIpc) is 3.28. The highest BCUT2D eigenvalue weighted by molar-refractivity contribution is 5.96. The van der Waals surface area contributed by atoms with E-state index in [4.69, 9.17) is 4.42 Å². The van der Waals surface area contributed by atoms with Crippen LogP contribution in [-0.4, -0.2) is 44.8 Å². The van der Waals surface area contributed by atoms with Crippen LogP contribution in [0.5, 0.6) is 0 Å². The predicted octanol–water partition coefficient (Wildman–Crippen LogP) is 2.78. The van der Waals surface area contributed by atoms with Crippen molar-refractivity contribution in [2.24, 2.45) is 0 Å². The highest BCUT2D eigenvalue weighted by Crippen LogP contribution is 2.29. The van der Waals surface area contributed by atoms with Gasteiger partial charge in [-0.2, -0.15) is 5.10 Å². The van der Waals surface area contributed by atoms with Gasteiger partial charge in [0.2, 0.25) is 0 Å². The van der Waals surface area contributed by atoms with Crippen LogP contribution in [0.3, 0.4) is 0 Å². The molecule has 1 saturated heterocycles. The number of nitrogens with zero attached hydrogens (tertiary/aromatic N) is 3. The number of rotatable bonds is 5. The first-order valence-electron chi connectivity index (χ1n) is 8.71. The lowest BCUT2D eigenvalue weighted by molar-refractivity contribution is 0.0674. The first kappa shape index (κ1) is 17.3. The number of piperidine rings is 1. The number of carbonyl (C=O) groups excluding carboxylic acids is 1. The summed E-state index contributed by atoms with van der Waals surface area (Å²) in [4.78, 5) is 25.6. The Balaban J connectivity index is 1.66. The van der Waals surface area contributed by atoms with Gasteiger partial charge in [0, 0.05) is 38.3 Å². The molecule has 3 rings (SSSR count). The number of hydrogen-bond donors (Lipinski definition) is 1. The van der Waals surface area contributed by atoms with Gasteiger partial charge >= 0.3 is 5.97 Å². The SMILES string of the molecule is CCc1oc(C(=O)N2CCC(c3cnn(CC)c3)CC2)cc1C(=O)O. The summed E-state index contributed by atoms with van der Waals surface area (Å²) in [6.07, 6.45) is 6.16. The Labute approximate surface area is 146 Å². The van der Waals surface area contributed by atoms with Gasteiger partial charge in [-0.3, -0.25) is 9.48 Å². The molecule has 7 heteroatoms. The van der Waals surface area contributed by atoms with Crippen molar-refractivity contribution in [2.75, 3.05) is 13.1 Å². The number of aromatic nitrogens is 2. The third-order valence-corrected chi connectivity index (χ3v) is 4.80. The smallest absolute Gasteiger partial charge is 0.339 e. The van der Waals surface area contributed by atoms with E-state index < -0.39 is 5.97 Å². The molecule has 3 heterocycles. The fraction of sp³-hybridized carbons (Fsp3) is 0.500. The molecule has 1 aliphatic heterocycles. The average molecular weight is 345 g/mol. The molecule has 25 heavy (non-hydrogen) atoms. The number of aromatic carboxylic acids is 1. The number of likely N-dealkylation sites (tertiary alicyclic amines) is 1. The Kier molecular flexibility index (Phi) is 4.92. The van der Waals surface area contributed by atoms with Gasteiger partial charge in [0.15, 0.2) is 5.76 Å². The summed E-state index contributed by atoms with van der Waals surface area (Å²) in [6, 6.07) is 1.35. The summed E-state index contributed by atoms with van der Waals surface area (Å²) in [7, 11) is 0. The first-order valence-corrected chi connectivity index (χ1v) is 8.71. The van der Waals surface area contributed by atoms with E-state index >= 15 is 0 Å². The van der Waals surface area contributed by atoms with E-state index in [1.54, 1.807) is 4.90 Å². The second kappa shape index (κ2) is 7.13. The first-order chi connectivity index (χ1) is 12.0. The normalized spacial score (nSPS) is 15.5. The fourth-order valence-electron chi connectivity index (χ4n) is 3.31. The van der Waals surface area contributed by atoms with Crippen LogP contribution in [0, 0.1) is 0 Å². The molecular formula is C18H23N3O4. The van der Waals surface area contributed by atoms with Crippen LogP contribution < -0.4 is 0 Å². The minimum absolute atomic E-state index is 0.0766.